The van der Waals surface area contributed by atoms with E-state index < -0.39 is 0 Å². The number of terminal acetylenes is 1. The predicted octanol–water partition coefficient (Wildman–Crippen LogP) is 0.325. The van der Waals surface area contributed by atoms with E-state index >= 15 is 0 Å². The fourth-order valence-corrected chi connectivity index (χ4v) is 0.612. The van der Waals surface area contributed by atoms with Crippen LogP contribution < -0.4 is 5.48 Å². The molecule has 5 heteroatoms. The van der Waals surface area contributed by atoms with Gasteiger partial charge in [-0.2, -0.15) is 5.26 Å². The molecule has 1 aromatic heterocycles. The number of hydrogen-bond donors (Lipinski definition) is 1. The molecule has 5 nitrogen and oxygen atoms in total. The summed E-state index contributed by atoms with van der Waals surface area (Å²) in [5, 5.41) is 8.49. The van der Waals surface area contributed by atoms with Crippen LogP contribution in [0.3, 0.4) is 0 Å². The number of rotatable bonds is 3. The number of nitriles is 1. The number of anilines is 1. The van der Waals surface area contributed by atoms with Gasteiger partial charge in [0.05, 0.1) is 0 Å². The second-order valence-corrected chi connectivity index (χ2v) is 1.97. The highest BCUT2D eigenvalue weighted by molar-refractivity contribution is 5.27. The Bertz CT molecular complexity index is 363. The third kappa shape index (κ3) is 2.78. The molecule has 0 aliphatic heterocycles. The molecule has 0 bridgehead atoms. The fraction of sp³-hybridized carbons (Fsp3) is 0.125. The number of hydrogen-bond acceptors (Lipinski definition) is 5. The van der Waals surface area contributed by atoms with Crippen molar-refractivity contribution >= 4 is 5.95 Å². The highest BCUT2D eigenvalue weighted by Crippen LogP contribution is 1.98. The Balaban J connectivity index is 2.59. The average Bonchev–Trinajstić information content (AvgIpc) is 2.19. The molecule has 0 aliphatic carbocycles. The molecule has 0 atom stereocenters. The number of aromatic nitrogens is 2. The minimum absolute atomic E-state index is 0.111. The van der Waals surface area contributed by atoms with Crippen molar-refractivity contribution in [1.29, 1.82) is 5.26 Å². The average molecular weight is 174 g/mol. The van der Waals surface area contributed by atoms with Gasteiger partial charge in [-0.25, -0.2) is 15.4 Å². The van der Waals surface area contributed by atoms with Crippen molar-refractivity contribution in [3.05, 3.63) is 18.0 Å². The monoisotopic (exact) mass is 174 g/mol. The third-order valence-corrected chi connectivity index (χ3v) is 1.09. The summed E-state index contributed by atoms with van der Waals surface area (Å²) >= 11 is 0. The van der Waals surface area contributed by atoms with Gasteiger partial charge in [0, 0.05) is 6.20 Å². The summed E-state index contributed by atoms with van der Waals surface area (Å²) in [6, 6.07) is 3.36. The summed E-state index contributed by atoms with van der Waals surface area (Å²) < 4.78 is 0. The van der Waals surface area contributed by atoms with Crippen molar-refractivity contribution in [2.45, 2.75) is 0 Å². The summed E-state index contributed by atoms with van der Waals surface area (Å²) in [6.45, 7) is 0.111. The van der Waals surface area contributed by atoms with Gasteiger partial charge in [0.15, 0.2) is 0 Å². The van der Waals surface area contributed by atoms with Gasteiger partial charge in [-0.3, -0.25) is 4.84 Å². The zero-order valence-corrected chi connectivity index (χ0v) is 6.69. The number of nitrogens with zero attached hydrogens (tertiary/aromatic N) is 3. The van der Waals surface area contributed by atoms with E-state index in [0.29, 0.717) is 0 Å². The number of nitrogens with one attached hydrogen (secondary N) is 1. The van der Waals surface area contributed by atoms with Crippen LogP contribution >= 0.6 is 0 Å². The van der Waals surface area contributed by atoms with E-state index in [0.717, 1.165) is 0 Å². The molecule has 64 valence electrons. The minimum atomic E-state index is 0.111. The Morgan fingerprint density at radius 3 is 3.23 bits per heavy atom. The Morgan fingerprint density at radius 1 is 1.69 bits per heavy atom. The highest BCUT2D eigenvalue weighted by atomic mass is 16.6. The van der Waals surface area contributed by atoms with Crippen LogP contribution in [0.2, 0.25) is 0 Å². The first-order valence-corrected chi connectivity index (χ1v) is 3.41. The van der Waals surface area contributed by atoms with Gasteiger partial charge in [-0.1, -0.05) is 5.92 Å². The van der Waals surface area contributed by atoms with Crippen LogP contribution in [0.5, 0.6) is 0 Å². The predicted molar refractivity (Wildman–Crippen MR) is 45.2 cm³/mol. The largest absolute Gasteiger partial charge is 0.261 e. The molecule has 0 aliphatic rings. The normalized spacial score (nSPS) is 8.46. The fourth-order valence-electron chi connectivity index (χ4n) is 0.612. The first-order chi connectivity index (χ1) is 6.36. The van der Waals surface area contributed by atoms with Gasteiger partial charge in [-0.15, -0.1) is 6.42 Å². The molecule has 0 aromatic carbocycles. The van der Waals surface area contributed by atoms with Crippen molar-refractivity contribution in [3.63, 3.8) is 0 Å². The molecule has 1 N–H and O–H groups in total. The lowest BCUT2D eigenvalue weighted by atomic mass is 10.4. The Morgan fingerprint density at radius 2 is 2.54 bits per heavy atom. The van der Waals surface area contributed by atoms with Crippen LogP contribution in [-0.2, 0) is 4.84 Å². The Kier molecular flexibility index (Phi) is 3.25. The van der Waals surface area contributed by atoms with E-state index in [-0.39, 0.29) is 18.2 Å². The van der Waals surface area contributed by atoms with Gasteiger partial charge in [0.1, 0.15) is 18.4 Å². The quantitative estimate of drug-likeness (QED) is 0.406. The van der Waals surface area contributed by atoms with Crippen LogP contribution in [0.15, 0.2) is 12.3 Å². The molecule has 0 saturated heterocycles. The topological polar surface area (TPSA) is 70.8 Å². The van der Waals surface area contributed by atoms with Gasteiger partial charge >= 0.3 is 0 Å². The Labute approximate surface area is 75.3 Å². The maximum atomic E-state index is 8.49. The van der Waals surface area contributed by atoms with Crippen LogP contribution in [0, 0.1) is 23.7 Å². The molecule has 0 unspecified atom stereocenters. The standard InChI is InChI=1S/C8H6N4O/c1-2-5-13-12-8-10-4-3-7(6-9)11-8/h1,3-4H,5H2,(H,10,11,12). The van der Waals surface area contributed by atoms with E-state index in [1.165, 1.54) is 12.3 Å². The first kappa shape index (κ1) is 8.98. The van der Waals surface area contributed by atoms with E-state index in [1.54, 1.807) is 0 Å². The molecule has 0 saturated carbocycles. The second-order valence-electron chi connectivity index (χ2n) is 1.97. The van der Waals surface area contributed by atoms with Crippen LogP contribution in [0.1, 0.15) is 5.69 Å². The lowest BCUT2D eigenvalue weighted by Gasteiger charge is -2.00. The van der Waals surface area contributed by atoms with Crippen molar-refractivity contribution in [1.82, 2.24) is 9.97 Å². The lowest BCUT2D eigenvalue weighted by Crippen LogP contribution is -2.05. The molecule has 0 amide bonds. The molecule has 0 spiro atoms. The van der Waals surface area contributed by atoms with Crippen molar-refractivity contribution in [2.75, 3.05) is 12.1 Å². The van der Waals surface area contributed by atoms with Crippen LogP contribution in [0.25, 0.3) is 0 Å². The third-order valence-electron chi connectivity index (χ3n) is 1.09. The van der Waals surface area contributed by atoms with E-state index in [1.807, 2.05) is 6.07 Å². The maximum absolute atomic E-state index is 8.49. The van der Waals surface area contributed by atoms with Gasteiger partial charge < -0.3 is 0 Å². The maximum Gasteiger partial charge on any atom is 0.248 e. The smallest absolute Gasteiger partial charge is 0.248 e. The summed E-state index contributed by atoms with van der Waals surface area (Å²) in [5.41, 5.74) is 2.67. The van der Waals surface area contributed by atoms with Crippen LogP contribution in [0.4, 0.5) is 5.95 Å². The van der Waals surface area contributed by atoms with E-state index in [9.17, 15) is 0 Å². The second kappa shape index (κ2) is 4.70. The molecule has 1 aromatic rings. The summed E-state index contributed by atoms with van der Waals surface area (Å²) in [7, 11) is 0. The van der Waals surface area contributed by atoms with Crippen LogP contribution in [-0.4, -0.2) is 16.6 Å². The zero-order valence-electron chi connectivity index (χ0n) is 6.69. The van der Waals surface area contributed by atoms with Crippen molar-refractivity contribution in [2.24, 2.45) is 0 Å². The molecule has 1 heterocycles. The summed E-state index contributed by atoms with van der Waals surface area (Å²) in [6.07, 6.45) is 6.39. The highest BCUT2D eigenvalue weighted by Gasteiger charge is 1.96. The van der Waals surface area contributed by atoms with Gasteiger partial charge in [-0.05, 0) is 6.07 Å². The van der Waals surface area contributed by atoms with Gasteiger partial charge in [0.2, 0.25) is 5.95 Å². The summed E-state index contributed by atoms with van der Waals surface area (Å²) in [4.78, 5) is 12.3. The zero-order chi connectivity index (χ0) is 9.52. The van der Waals surface area contributed by atoms with E-state index in [4.69, 9.17) is 16.5 Å². The molecule has 0 fully saturated rings. The molecule has 1 rings (SSSR count). The molecule has 0 radical (unpaired) electrons. The molecular formula is C8H6N4O. The first-order valence-electron chi connectivity index (χ1n) is 3.41. The molecule has 13 heavy (non-hydrogen) atoms. The van der Waals surface area contributed by atoms with E-state index in [2.05, 4.69) is 21.4 Å². The molecular weight excluding hydrogens is 168 g/mol. The Hall–Kier alpha value is -2.11. The van der Waals surface area contributed by atoms with Crippen molar-refractivity contribution in [3.8, 4) is 18.4 Å². The lowest BCUT2D eigenvalue weighted by molar-refractivity contribution is 0.230. The SMILES string of the molecule is C#CCONc1nccc(C#N)n1. The van der Waals surface area contributed by atoms with Crippen molar-refractivity contribution < 1.29 is 4.84 Å². The summed E-state index contributed by atoms with van der Waals surface area (Å²) in [5.74, 6) is 2.48. The minimum Gasteiger partial charge on any atom is -0.261 e. The van der Waals surface area contributed by atoms with Gasteiger partial charge in [0.25, 0.3) is 0 Å².